The fourth-order valence-corrected chi connectivity index (χ4v) is 2.82. The molecule has 68 valence electrons. The molecule has 0 aromatic carbocycles. The van der Waals surface area contributed by atoms with Gasteiger partial charge in [0.25, 0.3) is 0 Å². The molecule has 1 unspecified atom stereocenters. The summed E-state index contributed by atoms with van der Waals surface area (Å²) in [6.07, 6.45) is 0. The molecule has 0 spiro atoms. The van der Waals surface area contributed by atoms with Crippen molar-refractivity contribution in [1.82, 2.24) is 0 Å². The predicted octanol–water partition coefficient (Wildman–Crippen LogP) is 0.354. The first-order valence-electron chi connectivity index (χ1n) is 3.40. The summed E-state index contributed by atoms with van der Waals surface area (Å²) in [6.45, 7) is 2.90. The average molecular weight is 191 g/mol. The molecule has 0 aliphatic carbocycles. The van der Waals surface area contributed by atoms with Crippen LogP contribution in [0.3, 0.4) is 0 Å². The molecule has 0 bridgehead atoms. The highest BCUT2D eigenvalue weighted by Gasteiger charge is 2.39. The van der Waals surface area contributed by atoms with Crippen LogP contribution in [0.15, 0.2) is 10.5 Å². The van der Waals surface area contributed by atoms with Crippen molar-refractivity contribution in [2.75, 3.05) is 5.75 Å². The number of sulfone groups is 1. The Morgan fingerprint density at radius 2 is 2.00 bits per heavy atom. The summed E-state index contributed by atoms with van der Waals surface area (Å²) in [4.78, 5) is 9.96. The summed E-state index contributed by atoms with van der Waals surface area (Å²) >= 11 is 0. The Morgan fingerprint density at radius 1 is 1.50 bits per heavy atom. The van der Waals surface area contributed by atoms with E-state index in [0.717, 1.165) is 0 Å². The van der Waals surface area contributed by atoms with Crippen molar-refractivity contribution >= 4 is 9.84 Å². The molecule has 6 heteroatoms. The molecular weight excluding hydrogens is 182 g/mol. The number of rotatable bonds is 1. The normalized spacial score (nSPS) is 27.7. The van der Waals surface area contributed by atoms with Crippen LogP contribution in [0.2, 0.25) is 0 Å². The highest BCUT2D eigenvalue weighted by atomic mass is 32.2. The molecule has 1 heterocycles. The Balaban J connectivity index is 3.17. The molecule has 0 saturated heterocycles. The zero-order valence-corrected chi connectivity index (χ0v) is 7.59. The van der Waals surface area contributed by atoms with E-state index in [-0.39, 0.29) is 10.7 Å². The van der Waals surface area contributed by atoms with Crippen LogP contribution in [-0.4, -0.2) is 25.1 Å². The molecule has 1 atom stereocenters. The third-order valence-electron chi connectivity index (χ3n) is 2.15. The molecule has 1 rings (SSSR count). The zero-order valence-electron chi connectivity index (χ0n) is 6.77. The maximum absolute atomic E-state index is 11.1. The fourth-order valence-electron chi connectivity index (χ4n) is 1.16. The van der Waals surface area contributed by atoms with E-state index in [4.69, 9.17) is 0 Å². The van der Waals surface area contributed by atoms with Crippen molar-refractivity contribution in [3.63, 3.8) is 0 Å². The second kappa shape index (κ2) is 2.55. The summed E-state index contributed by atoms with van der Waals surface area (Å²) in [5.41, 5.74) is 0.361. The van der Waals surface area contributed by atoms with E-state index in [1.54, 1.807) is 0 Å². The molecule has 0 N–H and O–H groups in total. The van der Waals surface area contributed by atoms with Crippen LogP contribution in [-0.2, 0) is 9.84 Å². The zero-order chi connectivity index (χ0) is 9.52. The molecule has 0 aromatic heterocycles. The molecule has 1 aliphatic rings. The van der Waals surface area contributed by atoms with Crippen molar-refractivity contribution in [3.8, 4) is 0 Å². The number of nitrogens with zero attached hydrogens (tertiary/aromatic N) is 1. The van der Waals surface area contributed by atoms with Crippen LogP contribution in [0.25, 0.3) is 0 Å². The van der Waals surface area contributed by atoms with Gasteiger partial charge in [-0.05, 0) is 13.8 Å². The molecule has 0 amide bonds. The van der Waals surface area contributed by atoms with Gasteiger partial charge in [0.15, 0.2) is 9.84 Å². The van der Waals surface area contributed by atoms with Gasteiger partial charge in [0.05, 0.1) is 0 Å². The van der Waals surface area contributed by atoms with E-state index in [2.05, 4.69) is 0 Å². The third-order valence-corrected chi connectivity index (χ3v) is 4.16. The van der Waals surface area contributed by atoms with Gasteiger partial charge in [0.1, 0.15) is 5.75 Å². The Labute approximate surface area is 70.1 Å². The van der Waals surface area contributed by atoms with Crippen molar-refractivity contribution in [2.45, 2.75) is 19.9 Å². The number of hydrogen-bond donors (Lipinski definition) is 0. The van der Waals surface area contributed by atoms with E-state index in [1.165, 1.54) is 13.8 Å². The summed E-state index contributed by atoms with van der Waals surface area (Å²) < 4.78 is 22.2. The van der Waals surface area contributed by atoms with Crippen molar-refractivity contribution in [1.29, 1.82) is 0 Å². The van der Waals surface area contributed by atoms with E-state index in [1.807, 2.05) is 0 Å². The van der Waals surface area contributed by atoms with E-state index in [9.17, 15) is 18.5 Å². The van der Waals surface area contributed by atoms with Crippen LogP contribution in [0.5, 0.6) is 0 Å². The minimum atomic E-state index is -3.33. The molecule has 0 radical (unpaired) electrons. The summed E-state index contributed by atoms with van der Waals surface area (Å²) in [6, 6.07) is -1.03. The lowest BCUT2D eigenvalue weighted by atomic mass is 10.1. The monoisotopic (exact) mass is 191 g/mol. The Morgan fingerprint density at radius 3 is 2.17 bits per heavy atom. The van der Waals surface area contributed by atoms with Crippen molar-refractivity contribution < 1.29 is 13.3 Å². The molecule has 5 nitrogen and oxygen atoms in total. The highest BCUT2D eigenvalue weighted by molar-refractivity contribution is 7.95. The van der Waals surface area contributed by atoms with Gasteiger partial charge in [0, 0.05) is 15.4 Å². The third kappa shape index (κ3) is 1.22. The van der Waals surface area contributed by atoms with E-state index < -0.39 is 20.8 Å². The molecule has 1 aliphatic heterocycles. The van der Waals surface area contributed by atoms with Gasteiger partial charge in [-0.3, -0.25) is 10.1 Å². The lowest BCUT2D eigenvalue weighted by molar-refractivity contribution is -0.505. The molecule has 0 fully saturated rings. The minimum absolute atomic E-state index is 0.157. The molecular formula is C6H9NO4S. The van der Waals surface area contributed by atoms with Crippen LogP contribution < -0.4 is 0 Å². The molecule has 12 heavy (non-hydrogen) atoms. The standard InChI is InChI=1S/C6H9NO4S/c1-4-5(2)12(10,11)3-6(4)7(8)9/h6H,3H2,1-2H3. The van der Waals surface area contributed by atoms with Crippen molar-refractivity contribution in [3.05, 3.63) is 20.6 Å². The first-order chi connectivity index (χ1) is 5.36. The first-order valence-corrected chi connectivity index (χ1v) is 5.05. The van der Waals surface area contributed by atoms with Gasteiger partial charge in [-0.1, -0.05) is 0 Å². The summed E-state index contributed by atoms with van der Waals surface area (Å²) in [5, 5.41) is 10.4. The molecule has 0 aromatic rings. The Kier molecular flexibility index (Phi) is 1.95. The Bertz CT molecular complexity index is 354. The average Bonchev–Trinajstić information content (AvgIpc) is 2.14. The van der Waals surface area contributed by atoms with Crippen LogP contribution in [0.1, 0.15) is 13.8 Å². The minimum Gasteiger partial charge on any atom is -0.264 e. The second-order valence-corrected chi connectivity index (χ2v) is 5.00. The first kappa shape index (κ1) is 9.18. The lowest BCUT2D eigenvalue weighted by Crippen LogP contribution is -2.23. The predicted molar refractivity (Wildman–Crippen MR) is 42.9 cm³/mol. The maximum atomic E-state index is 11.1. The smallest absolute Gasteiger partial charge is 0.249 e. The van der Waals surface area contributed by atoms with Gasteiger partial charge in [-0.25, -0.2) is 8.42 Å². The Hall–Kier alpha value is -0.910. The molecule has 0 saturated carbocycles. The second-order valence-electron chi connectivity index (χ2n) is 2.82. The van der Waals surface area contributed by atoms with Crippen LogP contribution >= 0.6 is 0 Å². The van der Waals surface area contributed by atoms with Crippen molar-refractivity contribution in [2.24, 2.45) is 0 Å². The lowest BCUT2D eigenvalue weighted by Gasteiger charge is -1.98. The quantitative estimate of drug-likeness (QED) is 0.442. The van der Waals surface area contributed by atoms with E-state index >= 15 is 0 Å². The number of allylic oxidation sites excluding steroid dienone is 1. The van der Waals surface area contributed by atoms with Crippen LogP contribution in [0.4, 0.5) is 0 Å². The number of nitro groups is 1. The SMILES string of the molecule is CC1=C(C)S(=O)(=O)CC1[N+](=O)[O-]. The van der Waals surface area contributed by atoms with Gasteiger partial charge < -0.3 is 0 Å². The van der Waals surface area contributed by atoms with Gasteiger partial charge in [-0.15, -0.1) is 0 Å². The number of hydrogen-bond acceptors (Lipinski definition) is 4. The van der Waals surface area contributed by atoms with Crippen LogP contribution in [0, 0.1) is 10.1 Å². The summed E-state index contributed by atoms with van der Waals surface area (Å²) in [5.74, 6) is -0.377. The fraction of sp³-hybridized carbons (Fsp3) is 0.667. The topological polar surface area (TPSA) is 77.3 Å². The maximum Gasteiger partial charge on any atom is 0.249 e. The largest absolute Gasteiger partial charge is 0.264 e. The summed E-state index contributed by atoms with van der Waals surface area (Å²) in [7, 11) is -3.33. The van der Waals surface area contributed by atoms with E-state index in [0.29, 0.717) is 5.57 Å². The van der Waals surface area contributed by atoms with Gasteiger partial charge in [0.2, 0.25) is 6.04 Å². The highest BCUT2D eigenvalue weighted by Crippen LogP contribution is 2.26. The van der Waals surface area contributed by atoms with Gasteiger partial charge >= 0.3 is 0 Å². The van der Waals surface area contributed by atoms with Gasteiger partial charge in [-0.2, -0.15) is 0 Å².